The number of carbonyl (C=O) groups excluding carboxylic acids is 2. The summed E-state index contributed by atoms with van der Waals surface area (Å²) in [4.78, 5) is 27.6. The van der Waals surface area contributed by atoms with Gasteiger partial charge in [0, 0.05) is 33.2 Å². The van der Waals surface area contributed by atoms with Crippen molar-refractivity contribution >= 4 is 27.7 Å². The standard InChI is InChI=1S/C22H27N3O6S/c1-3-30-22(27)25-15-13-24(14-16-25)21(26)17-31-19-11-9-18(10-12-19)23(2)32(28,29)20-7-5-4-6-8-20/h4-12H,3,13-17H2,1-2H3. The number of amides is 2. The van der Waals surface area contributed by atoms with Crippen molar-refractivity contribution in [2.24, 2.45) is 0 Å². The number of carbonyl (C=O) groups is 2. The Hall–Kier alpha value is -3.27. The lowest BCUT2D eigenvalue weighted by molar-refractivity contribution is -0.134. The minimum absolute atomic E-state index is 0.142. The van der Waals surface area contributed by atoms with Gasteiger partial charge in [-0.3, -0.25) is 9.10 Å². The molecule has 1 aliphatic rings. The molecule has 0 N–H and O–H groups in total. The summed E-state index contributed by atoms with van der Waals surface area (Å²) in [6.07, 6.45) is -0.366. The molecule has 9 nitrogen and oxygen atoms in total. The average Bonchev–Trinajstić information content (AvgIpc) is 2.83. The molecule has 0 radical (unpaired) electrons. The van der Waals surface area contributed by atoms with Crippen LogP contribution in [-0.2, 0) is 19.6 Å². The summed E-state index contributed by atoms with van der Waals surface area (Å²) in [7, 11) is -2.18. The normalized spacial score (nSPS) is 14.1. The number of piperazine rings is 1. The Labute approximate surface area is 188 Å². The molecular formula is C22H27N3O6S. The van der Waals surface area contributed by atoms with Crippen LogP contribution < -0.4 is 9.04 Å². The van der Waals surface area contributed by atoms with Crippen LogP contribution in [0, 0.1) is 0 Å². The molecule has 1 saturated heterocycles. The maximum Gasteiger partial charge on any atom is 0.409 e. The molecule has 172 valence electrons. The first-order chi connectivity index (χ1) is 15.3. The van der Waals surface area contributed by atoms with E-state index < -0.39 is 10.0 Å². The molecule has 1 heterocycles. The van der Waals surface area contributed by atoms with Crippen molar-refractivity contribution in [1.29, 1.82) is 0 Å². The second-order valence-corrected chi connectivity index (χ2v) is 9.10. The molecule has 2 aromatic rings. The second kappa shape index (κ2) is 10.4. The number of benzene rings is 2. The van der Waals surface area contributed by atoms with Crippen LogP contribution in [0.4, 0.5) is 10.5 Å². The molecule has 0 bridgehead atoms. The van der Waals surface area contributed by atoms with Crippen molar-refractivity contribution in [2.75, 3.05) is 50.7 Å². The molecule has 0 aromatic heterocycles. The van der Waals surface area contributed by atoms with E-state index in [-0.39, 0.29) is 23.5 Å². The van der Waals surface area contributed by atoms with Crippen LogP contribution in [0.1, 0.15) is 6.92 Å². The summed E-state index contributed by atoms with van der Waals surface area (Å²) < 4.78 is 37.2. The van der Waals surface area contributed by atoms with Gasteiger partial charge in [0.25, 0.3) is 15.9 Å². The Balaban J connectivity index is 1.52. The SMILES string of the molecule is CCOC(=O)N1CCN(C(=O)COc2ccc(N(C)S(=O)(=O)c3ccccc3)cc2)CC1. The van der Waals surface area contributed by atoms with Gasteiger partial charge in [-0.25, -0.2) is 13.2 Å². The fourth-order valence-electron chi connectivity index (χ4n) is 3.23. The van der Waals surface area contributed by atoms with E-state index in [2.05, 4.69) is 0 Å². The number of hydrogen-bond acceptors (Lipinski definition) is 6. The fraction of sp³-hybridized carbons (Fsp3) is 0.364. The maximum atomic E-state index is 12.7. The van der Waals surface area contributed by atoms with Gasteiger partial charge in [0.2, 0.25) is 0 Å². The summed E-state index contributed by atoms with van der Waals surface area (Å²) in [5.41, 5.74) is 0.475. The highest BCUT2D eigenvalue weighted by atomic mass is 32.2. The topological polar surface area (TPSA) is 96.5 Å². The molecule has 0 aliphatic carbocycles. The van der Waals surface area contributed by atoms with E-state index in [9.17, 15) is 18.0 Å². The van der Waals surface area contributed by atoms with E-state index in [1.807, 2.05) is 0 Å². The Bertz CT molecular complexity index is 1020. The number of anilines is 1. The van der Waals surface area contributed by atoms with Gasteiger partial charge in [0.05, 0.1) is 17.2 Å². The monoisotopic (exact) mass is 461 g/mol. The summed E-state index contributed by atoms with van der Waals surface area (Å²) in [5, 5.41) is 0. The lowest BCUT2D eigenvalue weighted by atomic mass is 10.3. The predicted molar refractivity (Wildman–Crippen MR) is 119 cm³/mol. The lowest BCUT2D eigenvalue weighted by Gasteiger charge is -2.33. The van der Waals surface area contributed by atoms with Crippen LogP contribution in [0.3, 0.4) is 0 Å². The molecular weight excluding hydrogens is 434 g/mol. The number of nitrogens with zero attached hydrogens (tertiary/aromatic N) is 3. The molecule has 0 saturated carbocycles. The lowest BCUT2D eigenvalue weighted by Crippen LogP contribution is -2.51. The Morgan fingerprint density at radius 3 is 2.12 bits per heavy atom. The maximum absolute atomic E-state index is 12.7. The third kappa shape index (κ3) is 5.50. The molecule has 1 aliphatic heterocycles. The molecule has 1 fully saturated rings. The molecule has 0 unspecified atom stereocenters. The minimum atomic E-state index is -3.66. The van der Waals surface area contributed by atoms with Crippen LogP contribution in [0.2, 0.25) is 0 Å². The average molecular weight is 462 g/mol. The first kappa shape index (κ1) is 23.4. The van der Waals surface area contributed by atoms with Gasteiger partial charge in [-0.1, -0.05) is 18.2 Å². The van der Waals surface area contributed by atoms with Crippen LogP contribution in [0.15, 0.2) is 59.5 Å². The number of ether oxygens (including phenoxy) is 2. The van der Waals surface area contributed by atoms with E-state index in [4.69, 9.17) is 9.47 Å². The number of rotatable bonds is 7. The van der Waals surface area contributed by atoms with E-state index in [1.54, 1.807) is 71.3 Å². The van der Waals surface area contributed by atoms with Gasteiger partial charge >= 0.3 is 6.09 Å². The van der Waals surface area contributed by atoms with E-state index in [0.29, 0.717) is 44.2 Å². The Morgan fingerprint density at radius 2 is 1.53 bits per heavy atom. The van der Waals surface area contributed by atoms with E-state index in [1.165, 1.54) is 11.4 Å². The third-order valence-electron chi connectivity index (χ3n) is 5.12. The number of hydrogen-bond donors (Lipinski definition) is 0. The van der Waals surface area contributed by atoms with Crippen molar-refractivity contribution in [3.8, 4) is 5.75 Å². The first-order valence-electron chi connectivity index (χ1n) is 10.3. The largest absolute Gasteiger partial charge is 0.484 e. The van der Waals surface area contributed by atoms with Gasteiger partial charge < -0.3 is 19.3 Å². The molecule has 32 heavy (non-hydrogen) atoms. The van der Waals surface area contributed by atoms with Crippen LogP contribution in [0.5, 0.6) is 5.75 Å². The third-order valence-corrected chi connectivity index (χ3v) is 6.92. The number of sulfonamides is 1. The van der Waals surface area contributed by atoms with Crippen molar-refractivity contribution in [2.45, 2.75) is 11.8 Å². The van der Waals surface area contributed by atoms with Crippen LogP contribution in [-0.4, -0.2) is 76.7 Å². The molecule has 0 spiro atoms. The van der Waals surface area contributed by atoms with E-state index >= 15 is 0 Å². The highest BCUT2D eigenvalue weighted by Gasteiger charge is 2.25. The molecule has 2 amide bonds. The molecule has 0 atom stereocenters. The quantitative estimate of drug-likeness (QED) is 0.627. The van der Waals surface area contributed by atoms with Gasteiger partial charge in [-0.15, -0.1) is 0 Å². The van der Waals surface area contributed by atoms with Crippen molar-refractivity contribution in [1.82, 2.24) is 9.80 Å². The molecule has 2 aromatic carbocycles. The van der Waals surface area contributed by atoms with Crippen LogP contribution >= 0.6 is 0 Å². The second-order valence-electron chi connectivity index (χ2n) is 7.13. The highest BCUT2D eigenvalue weighted by molar-refractivity contribution is 7.92. The zero-order chi connectivity index (χ0) is 23.1. The molecule has 10 heteroatoms. The zero-order valence-electron chi connectivity index (χ0n) is 18.1. The van der Waals surface area contributed by atoms with Gasteiger partial charge in [-0.05, 0) is 43.3 Å². The van der Waals surface area contributed by atoms with E-state index in [0.717, 1.165) is 0 Å². The van der Waals surface area contributed by atoms with Gasteiger partial charge in [0.1, 0.15) is 5.75 Å². The minimum Gasteiger partial charge on any atom is -0.484 e. The summed E-state index contributed by atoms with van der Waals surface area (Å²) in [6.45, 7) is 3.60. The van der Waals surface area contributed by atoms with Gasteiger partial charge in [-0.2, -0.15) is 0 Å². The Kier molecular flexibility index (Phi) is 7.57. The fourth-order valence-corrected chi connectivity index (χ4v) is 4.45. The van der Waals surface area contributed by atoms with Crippen molar-refractivity contribution in [3.05, 3.63) is 54.6 Å². The summed E-state index contributed by atoms with van der Waals surface area (Å²) in [6, 6.07) is 14.7. The first-order valence-corrected chi connectivity index (χ1v) is 11.7. The zero-order valence-corrected chi connectivity index (χ0v) is 19.0. The highest BCUT2D eigenvalue weighted by Crippen LogP contribution is 2.24. The van der Waals surface area contributed by atoms with Crippen molar-refractivity contribution < 1.29 is 27.5 Å². The van der Waals surface area contributed by atoms with Crippen LogP contribution in [0.25, 0.3) is 0 Å². The predicted octanol–water partition coefficient (Wildman–Crippen LogP) is 2.19. The smallest absolute Gasteiger partial charge is 0.409 e. The van der Waals surface area contributed by atoms with Crippen molar-refractivity contribution in [3.63, 3.8) is 0 Å². The molecule has 3 rings (SSSR count). The summed E-state index contributed by atoms with van der Waals surface area (Å²) in [5.74, 6) is 0.277. The summed E-state index contributed by atoms with van der Waals surface area (Å²) >= 11 is 0. The van der Waals surface area contributed by atoms with Gasteiger partial charge in [0.15, 0.2) is 6.61 Å². The Morgan fingerprint density at radius 1 is 0.938 bits per heavy atom.